The zero-order valence-electron chi connectivity index (χ0n) is 12.3. The first-order valence-electron chi connectivity index (χ1n) is 6.85. The number of nitrogens with zero attached hydrogens (tertiary/aromatic N) is 1. The minimum Gasteiger partial charge on any atom is -0.570 e. The fraction of sp³-hybridized carbons (Fsp3) is 0.235. The Kier molecular flexibility index (Phi) is 3.23. The summed E-state index contributed by atoms with van der Waals surface area (Å²) in [7, 11) is -1.45. The molecular weight excluding hydrogens is 282 g/mol. The van der Waals surface area contributed by atoms with Crippen molar-refractivity contribution in [3.63, 3.8) is 0 Å². The van der Waals surface area contributed by atoms with Crippen LogP contribution in [0.4, 0.5) is 0 Å². The molecule has 1 aromatic heterocycles. The van der Waals surface area contributed by atoms with Crippen LogP contribution in [0, 0.1) is 0 Å². The molecule has 0 aliphatic carbocycles. The molecule has 3 aromatic rings. The van der Waals surface area contributed by atoms with E-state index in [2.05, 4.69) is 0 Å². The van der Waals surface area contributed by atoms with E-state index in [1.54, 1.807) is 0 Å². The number of rotatable bonds is 1. The molecule has 0 saturated carbocycles. The number of fused-ring (bicyclic) bond motifs is 1. The van der Waals surface area contributed by atoms with E-state index in [1.807, 2.05) is 63.2 Å². The molecule has 0 spiro atoms. The van der Waals surface area contributed by atoms with Crippen LogP contribution in [0.5, 0.6) is 0 Å². The maximum Gasteiger partial charge on any atom is 0.297 e. The van der Waals surface area contributed by atoms with Crippen LogP contribution in [-0.4, -0.2) is 8.51 Å². The van der Waals surface area contributed by atoms with Gasteiger partial charge >= 0.3 is 0 Å². The summed E-state index contributed by atoms with van der Waals surface area (Å²) in [6.45, 7) is 5.67. The molecule has 0 aliphatic heterocycles. The molecule has 1 unspecified atom stereocenters. The average molecular weight is 299 g/mol. The van der Waals surface area contributed by atoms with E-state index in [4.69, 9.17) is 0 Å². The Hall–Kier alpha value is -1.91. The van der Waals surface area contributed by atoms with Gasteiger partial charge in [-0.1, -0.05) is 30.3 Å². The molecule has 0 N–H and O–H groups in total. The topological polar surface area (TPSA) is 45.1 Å². The molecule has 108 valence electrons. The minimum atomic E-state index is -1.45. The Balaban J connectivity index is 2.22. The predicted octanol–water partition coefficient (Wildman–Crippen LogP) is 4.15. The maximum absolute atomic E-state index is 12.6. The summed E-state index contributed by atoms with van der Waals surface area (Å²) in [5, 5.41) is 2.21. The van der Waals surface area contributed by atoms with E-state index in [1.165, 1.54) is 10.0 Å². The molecule has 0 bridgehead atoms. The minimum absolute atomic E-state index is 0.191. The van der Waals surface area contributed by atoms with Gasteiger partial charge in [0.2, 0.25) is 4.88 Å². The van der Waals surface area contributed by atoms with Gasteiger partial charge in [-0.2, -0.15) is 0 Å². The molecule has 3 nitrogen and oxygen atoms in total. The number of aromatic nitrogens is 1. The Morgan fingerprint density at radius 1 is 1.00 bits per heavy atom. The summed E-state index contributed by atoms with van der Waals surface area (Å²) in [6.07, 6.45) is 0. The summed E-state index contributed by atoms with van der Waals surface area (Å²) in [5.74, 6) is 0. The summed E-state index contributed by atoms with van der Waals surface area (Å²) in [5.41, 5.74) is 0.188. The molecule has 0 radical (unpaired) electrons. The van der Waals surface area contributed by atoms with Crippen molar-refractivity contribution in [2.75, 3.05) is 0 Å². The average Bonchev–Trinajstić information content (AvgIpc) is 2.73. The van der Waals surface area contributed by atoms with E-state index in [-0.39, 0.29) is 5.56 Å². The summed E-state index contributed by atoms with van der Waals surface area (Å²) in [6, 6.07) is 15.4. The van der Waals surface area contributed by atoms with Gasteiger partial charge in [-0.15, -0.1) is 3.96 Å². The molecular formula is C17H17NO2S. The normalized spacial score (nSPS) is 12.9. The van der Waals surface area contributed by atoms with Gasteiger partial charge in [0, 0.05) is 16.5 Å². The van der Waals surface area contributed by atoms with Crippen LogP contribution in [0.1, 0.15) is 20.8 Å². The number of hydrogen-bond acceptors (Lipinski definition) is 2. The van der Waals surface area contributed by atoms with Gasteiger partial charge in [-0.05, 0) is 43.7 Å². The highest BCUT2D eigenvalue weighted by Crippen LogP contribution is 2.34. The van der Waals surface area contributed by atoms with Crippen molar-refractivity contribution in [1.82, 2.24) is 3.96 Å². The summed E-state index contributed by atoms with van der Waals surface area (Å²) < 4.78 is 14.1. The van der Waals surface area contributed by atoms with Crippen LogP contribution >= 0.6 is 10.9 Å². The lowest BCUT2D eigenvalue weighted by Gasteiger charge is -2.17. The molecule has 0 aliphatic rings. The van der Waals surface area contributed by atoms with Gasteiger partial charge in [0.1, 0.15) is 0 Å². The predicted molar refractivity (Wildman–Crippen MR) is 87.3 cm³/mol. The second-order valence-corrected chi connectivity index (χ2v) is 7.43. The Morgan fingerprint density at radius 3 is 2.29 bits per heavy atom. The van der Waals surface area contributed by atoms with E-state index < -0.39 is 16.5 Å². The zero-order valence-corrected chi connectivity index (χ0v) is 13.1. The highest BCUT2D eigenvalue weighted by atomic mass is 32.2. The molecule has 1 atom stereocenters. The molecule has 1 heterocycles. The first kappa shape index (κ1) is 14.0. The van der Waals surface area contributed by atoms with Gasteiger partial charge in [-0.3, -0.25) is 4.79 Å². The summed E-state index contributed by atoms with van der Waals surface area (Å²) in [4.78, 5) is 12.7. The standard InChI is InChI=1S/C17H17NO2S/c1-17(2,3)18-16(19)11-15(21(18)20)14-9-8-12-6-4-5-7-13(12)10-14/h4-11H,1-3H3. The van der Waals surface area contributed by atoms with Gasteiger partial charge in [0.15, 0.2) is 0 Å². The zero-order chi connectivity index (χ0) is 15.2. The first-order chi connectivity index (χ1) is 9.88. The smallest absolute Gasteiger partial charge is 0.297 e. The Bertz CT molecular complexity index is 868. The van der Waals surface area contributed by atoms with Crippen molar-refractivity contribution in [2.45, 2.75) is 26.3 Å². The van der Waals surface area contributed by atoms with Crippen molar-refractivity contribution in [1.29, 1.82) is 0 Å². The Morgan fingerprint density at radius 2 is 1.67 bits per heavy atom. The summed E-state index contributed by atoms with van der Waals surface area (Å²) >= 11 is 0. The highest BCUT2D eigenvalue weighted by molar-refractivity contribution is 7.23. The molecule has 0 amide bonds. The van der Waals surface area contributed by atoms with Gasteiger partial charge in [-0.25, -0.2) is 0 Å². The lowest BCUT2D eigenvalue weighted by atomic mass is 10.1. The van der Waals surface area contributed by atoms with E-state index in [0.29, 0.717) is 4.88 Å². The third-order valence-electron chi connectivity index (χ3n) is 3.45. The van der Waals surface area contributed by atoms with Crippen molar-refractivity contribution in [2.24, 2.45) is 0 Å². The third kappa shape index (κ3) is 2.41. The van der Waals surface area contributed by atoms with Crippen LogP contribution < -0.4 is 5.56 Å². The maximum atomic E-state index is 12.6. The Labute approximate surface area is 126 Å². The second-order valence-electron chi connectivity index (χ2n) is 6.12. The van der Waals surface area contributed by atoms with Gasteiger partial charge in [0.25, 0.3) is 5.56 Å². The van der Waals surface area contributed by atoms with Crippen molar-refractivity contribution >= 4 is 21.7 Å². The first-order valence-corrected chi connectivity index (χ1v) is 7.95. The van der Waals surface area contributed by atoms with Crippen molar-refractivity contribution < 1.29 is 4.55 Å². The second kappa shape index (κ2) is 4.83. The molecule has 2 aromatic carbocycles. The fourth-order valence-corrected chi connectivity index (χ4v) is 3.95. The van der Waals surface area contributed by atoms with Crippen LogP contribution in [0.3, 0.4) is 0 Å². The SMILES string of the molecule is CC(C)(C)n1c(=O)cc(-c2ccc3ccccc3c2)[s+]1[O-]. The number of benzene rings is 2. The molecule has 21 heavy (non-hydrogen) atoms. The van der Waals surface area contributed by atoms with Crippen molar-refractivity contribution in [3.8, 4) is 10.4 Å². The molecule has 0 saturated heterocycles. The molecule has 4 heteroatoms. The van der Waals surface area contributed by atoms with Gasteiger partial charge in [0.05, 0.1) is 11.6 Å². The monoisotopic (exact) mass is 299 g/mol. The third-order valence-corrected chi connectivity index (χ3v) is 5.24. The van der Waals surface area contributed by atoms with Gasteiger partial charge < -0.3 is 4.55 Å². The highest BCUT2D eigenvalue weighted by Gasteiger charge is 2.27. The van der Waals surface area contributed by atoms with E-state index in [0.717, 1.165) is 16.3 Å². The van der Waals surface area contributed by atoms with E-state index in [9.17, 15) is 9.35 Å². The lowest BCUT2D eigenvalue weighted by Crippen LogP contribution is -2.30. The van der Waals surface area contributed by atoms with Crippen LogP contribution in [0.2, 0.25) is 0 Å². The van der Waals surface area contributed by atoms with Crippen LogP contribution in [-0.2, 0) is 5.54 Å². The lowest BCUT2D eigenvalue weighted by molar-refractivity contribution is 0.400. The molecule has 3 rings (SSSR count). The molecule has 0 fully saturated rings. The van der Waals surface area contributed by atoms with Crippen LogP contribution in [0.15, 0.2) is 53.3 Å². The largest absolute Gasteiger partial charge is 0.570 e. The van der Waals surface area contributed by atoms with E-state index >= 15 is 0 Å². The fourth-order valence-electron chi connectivity index (χ4n) is 2.51. The quantitative estimate of drug-likeness (QED) is 0.634. The number of hydrogen-bond donors (Lipinski definition) is 0. The van der Waals surface area contributed by atoms with Crippen molar-refractivity contribution in [3.05, 3.63) is 58.9 Å². The van der Waals surface area contributed by atoms with Crippen LogP contribution in [0.25, 0.3) is 21.2 Å².